The summed E-state index contributed by atoms with van der Waals surface area (Å²) in [4.78, 5) is 35.9. The Morgan fingerprint density at radius 3 is 2.36 bits per heavy atom. The summed E-state index contributed by atoms with van der Waals surface area (Å²) in [5, 5.41) is 3.35. The van der Waals surface area contributed by atoms with Crippen LogP contribution in [0.3, 0.4) is 0 Å². The van der Waals surface area contributed by atoms with Gasteiger partial charge in [0.15, 0.2) is 5.76 Å². The Bertz CT molecular complexity index is 1010. The summed E-state index contributed by atoms with van der Waals surface area (Å²) in [6, 6.07) is 14.8. The van der Waals surface area contributed by atoms with E-state index in [2.05, 4.69) is 16.2 Å². The SMILES string of the molecule is Cc1c(C(=O)NNC(=O)C[C@@H](NC(N)=O)c2ccccc2)oc2ccccc12. The van der Waals surface area contributed by atoms with Crippen molar-refractivity contribution >= 4 is 28.8 Å². The first-order valence-electron chi connectivity index (χ1n) is 8.64. The minimum absolute atomic E-state index is 0.105. The number of nitrogens with one attached hydrogen (secondary N) is 3. The van der Waals surface area contributed by atoms with Gasteiger partial charge in [0.1, 0.15) is 5.58 Å². The molecule has 0 unspecified atom stereocenters. The highest BCUT2D eigenvalue weighted by atomic mass is 16.3. The van der Waals surface area contributed by atoms with Gasteiger partial charge < -0.3 is 15.5 Å². The predicted molar refractivity (Wildman–Crippen MR) is 103 cm³/mol. The molecule has 5 N–H and O–H groups in total. The molecule has 0 aliphatic rings. The number of benzene rings is 2. The number of nitrogens with two attached hydrogens (primary N) is 1. The van der Waals surface area contributed by atoms with Gasteiger partial charge in [-0.2, -0.15) is 0 Å². The molecule has 0 saturated heterocycles. The third-order valence-corrected chi connectivity index (χ3v) is 4.27. The summed E-state index contributed by atoms with van der Waals surface area (Å²) in [6.07, 6.45) is -0.105. The van der Waals surface area contributed by atoms with Crippen LogP contribution in [0.1, 0.15) is 34.1 Å². The van der Waals surface area contributed by atoms with Crippen molar-refractivity contribution in [2.75, 3.05) is 0 Å². The van der Waals surface area contributed by atoms with Gasteiger partial charge in [0.2, 0.25) is 5.91 Å². The predicted octanol–water partition coefficient (Wildman–Crippen LogP) is 2.30. The Kier molecular flexibility index (Phi) is 5.59. The van der Waals surface area contributed by atoms with E-state index in [1.165, 1.54) is 0 Å². The lowest BCUT2D eigenvalue weighted by Crippen LogP contribution is -2.44. The summed E-state index contributed by atoms with van der Waals surface area (Å²) in [5.74, 6) is -0.942. The van der Waals surface area contributed by atoms with Gasteiger partial charge in [-0.05, 0) is 18.6 Å². The first-order valence-corrected chi connectivity index (χ1v) is 8.64. The molecule has 8 nitrogen and oxygen atoms in total. The Hall–Kier alpha value is -3.81. The molecule has 0 saturated carbocycles. The van der Waals surface area contributed by atoms with E-state index in [0.717, 1.165) is 10.9 Å². The molecule has 0 spiro atoms. The summed E-state index contributed by atoms with van der Waals surface area (Å²) >= 11 is 0. The van der Waals surface area contributed by atoms with Crippen molar-refractivity contribution in [1.29, 1.82) is 0 Å². The normalized spacial score (nSPS) is 11.6. The van der Waals surface area contributed by atoms with Crippen LogP contribution >= 0.6 is 0 Å². The van der Waals surface area contributed by atoms with Crippen LogP contribution in [0.15, 0.2) is 59.0 Å². The number of carbonyl (C=O) groups is 3. The zero-order valence-electron chi connectivity index (χ0n) is 15.2. The van der Waals surface area contributed by atoms with E-state index in [1.54, 1.807) is 37.3 Å². The lowest BCUT2D eigenvalue weighted by Gasteiger charge is -2.17. The van der Waals surface area contributed by atoms with Crippen molar-refractivity contribution < 1.29 is 18.8 Å². The Labute approximate surface area is 161 Å². The summed E-state index contributed by atoms with van der Waals surface area (Å²) in [6.45, 7) is 1.77. The van der Waals surface area contributed by atoms with Gasteiger partial charge in [-0.1, -0.05) is 48.5 Å². The number of carbonyl (C=O) groups excluding carboxylic acids is 3. The van der Waals surface area contributed by atoms with Gasteiger partial charge in [0, 0.05) is 10.9 Å². The summed E-state index contributed by atoms with van der Waals surface area (Å²) in [5.41, 5.74) is 11.9. The molecule has 28 heavy (non-hydrogen) atoms. The van der Waals surface area contributed by atoms with Crippen LogP contribution in [0.2, 0.25) is 0 Å². The molecule has 1 atom stereocenters. The number of hydrazine groups is 1. The van der Waals surface area contributed by atoms with Gasteiger partial charge in [0.05, 0.1) is 12.5 Å². The number of hydrogen-bond donors (Lipinski definition) is 4. The van der Waals surface area contributed by atoms with Crippen LogP contribution in [0.25, 0.3) is 11.0 Å². The zero-order valence-corrected chi connectivity index (χ0v) is 15.2. The van der Waals surface area contributed by atoms with E-state index in [-0.39, 0.29) is 12.2 Å². The molecule has 144 valence electrons. The molecular weight excluding hydrogens is 360 g/mol. The fourth-order valence-electron chi connectivity index (χ4n) is 2.92. The molecule has 0 fully saturated rings. The quantitative estimate of drug-likeness (QED) is 0.507. The van der Waals surface area contributed by atoms with Crippen LogP contribution < -0.4 is 21.9 Å². The largest absolute Gasteiger partial charge is 0.451 e. The smallest absolute Gasteiger partial charge is 0.312 e. The maximum Gasteiger partial charge on any atom is 0.312 e. The summed E-state index contributed by atoms with van der Waals surface area (Å²) in [7, 11) is 0. The number of rotatable bonds is 5. The number of fused-ring (bicyclic) bond motifs is 1. The van der Waals surface area contributed by atoms with Crippen LogP contribution in [0.5, 0.6) is 0 Å². The number of amides is 4. The summed E-state index contributed by atoms with van der Waals surface area (Å²) < 4.78 is 5.56. The minimum Gasteiger partial charge on any atom is -0.451 e. The molecule has 0 radical (unpaired) electrons. The molecule has 2 aromatic carbocycles. The van der Waals surface area contributed by atoms with Crippen molar-refractivity contribution in [3.05, 3.63) is 71.5 Å². The zero-order chi connectivity index (χ0) is 20.1. The highest BCUT2D eigenvalue weighted by molar-refractivity contribution is 5.99. The maximum atomic E-state index is 12.4. The molecule has 0 aliphatic heterocycles. The fraction of sp³-hybridized carbons (Fsp3) is 0.150. The fourth-order valence-corrected chi connectivity index (χ4v) is 2.92. The van der Waals surface area contributed by atoms with Gasteiger partial charge >= 0.3 is 11.9 Å². The van der Waals surface area contributed by atoms with Crippen molar-refractivity contribution in [3.63, 3.8) is 0 Å². The highest BCUT2D eigenvalue weighted by Gasteiger charge is 2.20. The molecule has 3 rings (SSSR count). The standard InChI is InChI=1S/C20H20N4O4/c1-12-14-9-5-6-10-16(14)28-18(12)19(26)24-23-17(25)11-15(22-20(21)27)13-7-3-2-4-8-13/h2-10,15H,11H2,1H3,(H,23,25)(H,24,26)(H3,21,22,27)/t15-/m1/s1. The van der Waals surface area contributed by atoms with Gasteiger partial charge in [0.25, 0.3) is 0 Å². The van der Waals surface area contributed by atoms with E-state index in [4.69, 9.17) is 10.2 Å². The number of para-hydroxylation sites is 1. The van der Waals surface area contributed by atoms with E-state index in [9.17, 15) is 14.4 Å². The molecule has 4 amide bonds. The Balaban J connectivity index is 1.64. The van der Waals surface area contributed by atoms with Gasteiger partial charge in [-0.15, -0.1) is 0 Å². The second-order valence-corrected chi connectivity index (χ2v) is 6.23. The molecular formula is C20H20N4O4. The van der Waals surface area contributed by atoms with Crippen molar-refractivity contribution in [3.8, 4) is 0 Å². The van der Waals surface area contributed by atoms with Crippen LogP contribution in [-0.4, -0.2) is 17.8 Å². The van der Waals surface area contributed by atoms with Crippen molar-refractivity contribution in [2.45, 2.75) is 19.4 Å². The number of hydrogen-bond acceptors (Lipinski definition) is 4. The molecule has 8 heteroatoms. The molecule has 1 heterocycles. The van der Waals surface area contributed by atoms with E-state index in [1.807, 2.05) is 24.3 Å². The van der Waals surface area contributed by atoms with E-state index >= 15 is 0 Å². The molecule has 0 aliphatic carbocycles. The van der Waals surface area contributed by atoms with Crippen molar-refractivity contribution in [2.24, 2.45) is 5.73 Å². The lowest BCUT2D eigenvalue weighted by molar-refractivity contribution is -0.122. The van der Waals surface area contributed by atoms with E-state index in [0.29, 0.717) is 11.1 Å². The van der Waals surface area contributed by atoms with Crippen molar-refractivity contribution in [1.82, 2.24) is 16.2 Å². The average Bonchev–Trinajstić information content (AvgIpc) is 3.03. The van der Waals surface area contributed by atoms with Crippen LogP contribution in [0.4, 0.5) is 4.79 Å². The third kappa shape index (κ3) is 4.29. The first kappa shape index (κ1) is 19.0. The Morgan fingerprint density at radius 1 is 1.00 bits per heavy atom. The third-order valence-electron chi connectivity index (χ3n) is 4.27. The molecule has 0 bridgehead atoms. The number of urea groups is 1. The number of furan rings is 1. The topological polar surface area (TPSA) is 126 Å². The highest BCUT2D eigenvalue weighted by Crippen LogP contribution is 2.24. The molecule has 1 aromatic heterocycles. The second-order valence-electron chi connectivity index (χ2n) is 6.23. The van der Waals surface area contributed by atoms with Crippen LogP contribution in [-0.2, 0) is 4.79 Å². The Morgan fingerprint density at radius 2 is 1.68 bits per heavy atom. The van der Waals surface area contributed by atoms with Crippen LogP contribution in [0, 0.1) is 6.92 Å². The average molecular weight is 380 g/mol. The monoisotopic (exact) mass is 380 g/mol. The van der Waals surface area contributed by atoms with E-state index < -0.39 is 23.9 Å². The number of primary amides is 1. The minimum atomic E-state index is -0.747. The lowest BCUT2D eigenvalue weighted by atomic mass is 10.0. The maximum absolute atomic E-state index is 12.4. The van der Waals surface area contributed by atoms with Gasteiger partial charge in [-0.3, -0.25) is 20.4 Å². The first-order chi connectivity index (χ1) is 13.5. The number of aryl methyl sites for hydroxylation is 1. The van der Waals surface area contributed by atoms with Gasteiger partial charge in [-0.25, -0.2) is 4.79 Å². The second kappa shape index (κ2) is 8.26. The molecule has 3 aromatic rings.